The van der Waals surface area contributed by atoms with Crippen LogP contribution in [0.15, 0.2) is 48.5 Å². The van der Waals surface area contributed by atoms with E-state index in [9.17, 15) is 9.59 Å². The van der Waals surface area contributed by atoms with E-state index in [1.165, 1.54) is 11.3 Å². The number of hydrogen-bond acceptors (Lipinski definition) is 6. The van der Waals surface area contributed by atoms with Crippen molar-refractivity contribution in [3.63, 3.8) is 0 Å². The van der Waals surface area contributed by atoms with Gasteiger partial charge in [0, 0.05) is 24.2 Å². The molecular weight excluding hydrogens is 400 g/mol. The maximum absolute atomic E-state index is 12.5. The predicted octanol–water partition coefficient (Wildman–Crippen LogP) is 3.93. The van der Waals surface area contributed by atoms with Crippen LogP contribution in [0.2, 0.25) is 0 Å². The van der Waals surface area contributed by atoms with Gasteiger partial charge < -0.3 is 15.4 Å². The second-order valence-electron chi connectivity index (χ2n) is 7.17. The van der Waals surface area contributed by atoms with Crippen molar-refractivity contribution in [2.75, 3.05) is 12.4 Å². The molecule has 1 heterocycles. The first kappa shape index (κ1) is 21.4. The first-order chi connectivity index (χ1) is 14.4. The Kier molecular flexibility index (Phi) is 7.13. The largest absolute Gasteiger partial charge is 0.497 e. The molecule has 0 aliphatic heterocycles. The number of anilines is 1. The summed E-state index contributed by atoms with van der Waals surface area (Å²) in [5.41, 5.74) is 1.91. The number of carbonyl (C=O) groups excluding carboxylic acids is 2. The molecule has 2 N–H and O–H groups in total. The minimum absolute atomic E-state index is 0.232. The summed E-state index contributed by atoms with van der Waals surface area (Å²) in [7, 11) is 1.60. The third-order valence-electron chi connectivity index (χ3n) is 4.21. The third-order valence-corrected chi connectivity index (χ3v) is 5.16. The molecule has 3 rings (SSSR count). The van der Waals surface area contributed by atoms with Gasteiger partial charge in [0.2, 0.25) is 5.01 Å². The van der Waals surface area contributed by atoms with Crippen molar-refractivity contribution in [1.82, 2.24) is 15.5 Å². The predicted molar refractivity (Wildman–Crippen MR) is 117 cm³/mol. The number of methoxy groups -OCH3 is 1. The van der Waals surface area contributed by atoms with Crippen LogP contribution in [0.25, 0.3) is 0 Å². The Hall–Kier alpha value is -3.26. The maximum Gasteiger partial charge on any atom is 0.286 e. The van der Waals surface area contributed by atoms with Crippen molar-refractivity contribution >= 4 is 28.8 Å². The van der Waals surface area contributed by atoms with E-state index in [0.717, 1.165) is 22.7 Å². The zero-order valence-corrected chi connectivity index (χ0v) is 18.0. The Morgan fingerprint density at radius 2 is 1.87 bits per heavy atom. The standard InChI is InChI=1S/C22H24N4O3S/c1-14(2)10-19-25-26-22(30-19)21(28)24-17-8-5-7-16(12-17)20(27)23-13-15-6-4-9-18(11-15)29-3/h4-9,11-12,14H,10,13H2,1-3H3,(H,23,27)(H,24,28). The van der Waals surface area contributed by atoms with Crippen LogP contribution in [0.3, 0.4) is 0 Å². The molecule has 0 radical (unpaired) electrons. The Balaban J connectivity index is 1.61. The van der Waals surface area contributed by atoms with Crippen LogP contribution in [0, 0.1) is 5.92 Å². The number of hydrogen-bond donors (Lipinski definition) is 2. The lowest BCUT2D eigenvalue weighted by molar-refractivity contribution is 0.0949. The van der Waals surface area contributed by atoms with Gasteiger partial charge in [0.15, 0.2) is 0 Å². The van der Waals surface area contributed by atoms with E-state index in [0.29, 0.717) is 28.7 Å². The number of aromatic nitrogens is 2. The normalized spacial score (nSPS) is 10.7. The molecule has 0 bridgehead atoms. The van der Waals surface area contributed by atoms with Crippen molar-refractivity contribution in [3.8, 4) is 5.75 Å². The molecule has 30 heavy (non-hydrogen) atoms. The molecule has 2 amide bonds. The van der Waals surface area contributed by atoms with Crippen LogP contribution < -0.4 is 15.4 Å². The van der Waals surface area contributed by atoms with Crippen molar-refractivity contribution in [2.45, 2.75) is 26.8 Å². The quantitative estimate of drug-likeness (QED) is 0.572. The highest BCUT2D eigenvalue weighted by atomic mass is 32.1. The monoisotopic (exact) mass is 424 g/mol. The van der Waals surface area contributed by atoms with Crippen molar-refractivity contribution in [1.29, 1.82) is 0 Å². The average Bonchev–Trinajstić information content (AvgIpc) is 3.20. The number of nitrogens with zero attached hydrogens (tertiary/aromatic N) is 2. The Morgan fingerprint density at radius 3 is 2.63 bits per heavy atom. The molecule has 0 aliphatic rings. The summed E-state index contributed by atoms with van der Waals surface area (Å²) < 4.78 is 5.19. The molecule has 156 valence electrons. The molecule has 0 saturated heterocycles. The number of carbonyl (C=O) groups is 2. The average molecular weight is 425 g/mol. The Labute approximate surface area is 179 Å². The summed E-state index contributed by atoms with van der Waals surface area (Å²) in [6.45, 7) is 4.55. The number of benzene rings is 2. The highest BCUT2D eigenvalue weighted by molar-refractivity contribution is 7.13. The van der Waals surface area contributed by atoms with Crippen molar-refractivity contribution in [3.05, 3.63) is 69.7 Å². The molecule has 0 aliphatic carbocycles. The lowest BCUT2D eigenvalue weighted by atomic mass is 10.1. The Morgan fingerprint density at radius 1 is 1.07 bits per heavy atom. The summed E-state index contributed by atoms with van der Waals surface area (Å²) in [5, 5.41) is 14.8. The van der Waals surface area contributed by atoms with Gasteiger partial charge in [0.1, 0.15) is 10.8 Å². The second-order valence-corrected chi connectivity index (χ2v) is 8.23. The summed E-state index contributed by atoms with van der Waals surface area (Å²) in [6.07, 6.45) is 0.786. The minimum atomic E-state index is -0.337. The molecule has 2 aromatic carbocycles. The Bertz CT molecular complexity index is 1030. The van der Waals surface area contributed by atoms with Gasteiger partial charge in [-0.05, 0) is 41.8 Å². The van der Waals surface area contributed by atoms with Crippen LogP contribution >= 0.6 is 11.3 Å². The van der Waals surface area contributed by atoms with E-state index in [-0.39, 0.29) is 11.8 Å². The zero-order valence-electron chi connectivity index (χ0n) is 17.1. The second kappa shape index (κ2) is 9.98. The number of rotatable bonds is 8. The third kappa shape index (κ3) is 5.87. The smallest absolute Gasteiger partial charge is 0.286 e. The van der Waals surface area contributed by atoms with E-state index in [1.807, 2.05) is 24.3 Å². The number of amides is 2. The SMILES string of the molecule is COc1cccc(CNC(=O)c2cccc(NC(=O)c3nnc(CC(C)C)s3)c2)c1. The van der Waals surface area contributed by atoms with Gasteiger partial charge >= 0.3 is 0 Å². The lowest BCUT2D eigenvalue weighted by Gasteiger charge is -2.08. The zero-order chi connectivity index (χ0) is 21.5. The van der Waals surface area contributed by atoms with Gasteiger partial charge in [-0.3, -0.25) is 9.59 Å². The van der Waals surface area contributed by atoms with Gasteiger partial charge in [0.25, 0.3) is 11.8 Å². The van der Waals surface area contributed by atoms with E-state index >= 15 is 0 Å². The molecule has 8 heteroatoms. The van der Waals surface area contributed by atoms with E-state index in [4.69, 9.17) is 4.74 Å². The van der Waals surface area contributed by atoms with Crippen molar-refractivity contribution in [2.24, 2.45) is 5.92 Å². The fourth-order valence-electron chi connectivity index (χ4n) is 2.77. The van der Waals surface area contributed by atoms with Gasteiger partial charge in [-0.25, -0.2) is 0 Å². The van der Waals surface area contributed by atoms with Crippen LogP contribution in [0.5, 0.6) is 5.75 Å². The lowest BCUT2D eigenvalue weighted by Crippen LogP contribution is -2.23. The molecule has 0 unspecified atom stereocenters. The molecular formula is C22H24N4O3S. The van der Waals surface area contributed by atoms with Gasteiger partial charge in [0.05, 0.1) is 7.11 Å². The topological polar surface area (TPSA) is 93.2 Å². The van der Waals surface area contributed by atoms with E-state index in [2.05, 4.69) is 34.7 Å². The summed E-state index contributed by atoms with van der Waals surface area (Å²) in [6, 6.07) is 14.3. The van der Waals surface area contributed by atoms with E-state index in [1.54, 1.807) is 31.4 Å². The molecule has 0 spiro atoms. The van der Waals surface area contributed by atoms with Crippen molar-refractivity contribution < 1.29 is 14.3 Å². The molecule has 0 atom stereocenters. The van der Waals surface area contributed by atoms with Crippen LogP contribution in [-0.4, -0.2) is 29.1 Å². The van der Waals surface area contributed by atoms with Gasteiger partial charge in [-0.1, -0.05) is 43.4 Å². The minimum Gasteiger partial charge on any atom is -0.497 e. The number of nitrogens with one attached hydrogen (secondary N) is 2. The summed E-state index contributed by atoms with van der Waals surface area (Å²) in [4.78, 5) is 25.0. The maximum atomic E-state index is 12.5. The molecule has 7 nitrogen and oxygen atoms in total. The van der Waals surface area contributed by atoms with Gasteiger partial charge in [-0.2, -0.15) is 0 Å². The highest BCUT2D eigenvalue weighted by Crippen LogP contribution is 2.17. The fourth-order valence-corrected chi connectivity index (χ4v) is 3.71. The first-order valence-corrected chi connectivity index (χ1v) is 10.4. The van der Waals surface area contributed by atoms with Gasteiger partial charge in [-0.15, -0.1) is 10.2 Å². The van der Waals surface area contributed by atoms with E-state index < -0.39 is 0 Å². The molecule has 3 aromatic rings. The molecule has 1 aromatic heterocycles. The van der Waals surface area contributed by atoms with Crippen LogP contribution in [0.4, 0.5) is 5.69 Å². The fraction of sp³-hybridized carbons (Fsp3) is 0.273. The van der Waals surface area contributed by atoms with Crippen LogP contribution in [0.1, 0.15) is 44.6 Å². The summed E-state index contributed by atoms with van der Waals surface area (Å²) in [5.74, 6) is 0.612. The molecule has 0 fully saturated rings. The highest BCUT2D eigenvalue weighted by Gasteiger charge is 2.15. The van der Waals surface area contributed by atoms with Crippen LogP contribution in [-0.2, 0) is 13.0 Å². The number of ether oxygens (including phenoxy) is 1. The molecule has 0 saturated carbocycles. The summed E-state index contributed by atoms with van der Waals surface area (Å²) >= 11 is 1.28. The first-order valence-electron chi connectivity index (χ1n) is 9.59.